The van der Waals surface area contributed by atoms with Gasteiger partial charge in [0, 0.05) is 4.47 Å². The van der Waals surface area contributed by atoms with Gasteiger partial charge >= 0.3 is 0 Å². The molecule has 21 heavy (non-hydrogen) atoms. The molecule has 2 rings (SSSR count). The van der Waals surface area contributed by atoms with E-state index in [1.54, 1.807) is 31.4 Å². The van der Waals surface area contributed by atoms with Crippen LogP contribution < -0.4 is 10.2 Å². The Morgan fingerprint density at radius 1 is 1.38 bits per heavy atom. The van der Waals surface area contributed by atoms with Crippen molar-refractivity contribution in [1.29, 1.82) is 0 Å². The lowest BCUT2D eigenvalue weighted by Gasteiger charge is -2.07. The van der Waals surface area contributed by atoms with Crippen molar-refractivity contribution in [3.8, 4) is 5.75 Å². The van der Waals surface area contributed by atoms with Gasteiger partial charge in [0.25, 0.3) is 5.91 Å². The Morgan fingerprint density at radius 2 is 2.19 bits per heavy atom. The smallest absolute Gasteiger partial charge is 0.277 e. The highest BCUT2D eigenvalue weighted by molar-refractivity contribution is 9.11. The first-order valence-corrected chi connectivity index (χ1v) is 7.59. The Bertz CT molecular complexity index is 654. The van der Waals surface area contributed by atoms with Crippen LogP contribution >= 0.6 is 31.9 Å². The Kier molecular flexibility index (Phi) is 5.58. The molecule has 0 unspecified atom stereocenters. The number of hydrogen-bond acceptors (Lipinski definition) is 4. The molecule has 1 heterocycles. The number of benzene rings is 1. The molecule has 2 aromatic rings. The quantitative estimate of drug-likeness (QED) is 0.597. The Labute approximate surface area is 138 Å². The van der Waals surface area contributed by atoms with Gasteiger partial charge in [-0.05, 0) is 53.2 Å². The van der Waals surface area contributed by atoms with Crippen LogP contribution in [0.15, 0.2) is 55.1 Å². The molecule has 1 amide bonds. The lowest BCUT2D eigenvalue weighted by Crippen LogP contribution is -2.25. The maximum absolute atomic E-state index is 11.7. The maximum Gasteiger partial charge on any atom is 0.277 e. The fourth-order valence-electron chi connectivity index (χ4n) is 1.45. The summed E-state index contributed by atoms with van der Waals surface area (Å²) in [6, 6.07) is 8.95. The van der Waals surface area contributed by atoms with Crippen molar-refractivity contribution in [2.45, 2.75) is 6.92 Å². The molecule has 1 N–H and O–H groups in total. The van der Waals surface area contributed by atoms with Crippen LogP contribution in [0, 0.1) is 0 Å². The average Bonchev–Trinajstić information content (AvgIpc) is 2.98. The zero-order valence-electron chi connectivity index (χ0n) is 11.1. The van der Waals surface area contributed by atoms with Gasteiger partial charge in [-0.1, -0.05) is 15.9 Å². The molecular weight excluding hydrogens is 404 g/mol. The van der Waals surface area contributed by atoms with Crippen LogP contribution in [-0.4, -0.2) is 18.2 Å². The van der Waals surface area contributed by atoms with E-state index in [2.05, 4.69) is 42.4 Å². The topological polar surface area (TPSA) is 63.8 Å². The Morgan fingerprint density at radius 3 is 2.86 bits per heavy atom. The van der Waals surface area contributed by atoms with E-state index in [-0.39, 0.29) is 12.5 Å². The Balaban J connectivity index is 1.86. The molecule has 110 valence electrons. The first-order chi connectivity index (χ1) is 10.1. The number of nitrogens with one attached hydrogen (secondary N) is 1. The molecule has 5 nitrogen and oxygen atoms in total. The van der Waals surface area contributed by atoms with Crippen LogP contribution in [0.2, 0.25) is 0 Å². The molecule has 1 aromatic heterocycles. The van der Waals surface area contributed by atoms with E-state index < -0.39 is 0 Å². The Hall–Kier alpha value is -1.60. The monoisotopic (exact) mass is 414 g/mol. The summed E-state index contributed by atoms with van der Waals surface area (Å²) in [4.78, 5) is 11.7. The number of amides is 1. The van der Waals surface area contributed by atoms with Crippen molar-refractivity contribution in [3.63, 3.8) is 0 Å². The number of nitrogens with zero attached hydrogens (tertiary/aromatic N) is 1. The highest BCUT2D eigenvalue weighted by atomic mass is 79.9. The number of carbonyl (C=O) groups excluding carboxylic acids is 1. The predicted octanol–water partition coefficient (Wildman–Crippen LogP) is 3.72. The summed E-state index contributed by atoms with van der Waals surface area (Å²) >= 11 is 6.70. The molecule has 0 bridgehead atoms. The molecule has 0 aliphatic heterocycles. The van der Waals surface area contributed by atoms with Crippen LogP contribution in [0.3, 0.4) is 0 Å². The van der Waals surface area contributed by atoms with E-state index in [9.17, 15) is 4.79 Å². The second-order valence-corrected chi connectivity index (χ2v) is 5.84. The zero-order valence-corrected chi connectivity index (χ0v) is 14.3. The molecule has 0 radical (unpaired) electrons. The predicted molar refractivity (Wildman–Crippen MR) is 86.4 cm³/mol. The number of carbonyl (C=O) groups is 1. The third-order valence-electron chi connectivity index (χ3n) is 2.48. The van der Waals surface area contributed by atoms with Crippen molar-refractivity contribution < 1.29 is 13.9 Å². The summed E-state index contributed by atoms with van der Waals surface area (Å²) in [6.07, 6.45) is 1.55. The zero-order chi connectivity index (χ0) is 15.2. The second-order valence-electron chi connectivity index (χ2n) is 4.07. The third kappa shape index (κ3) is 4.71. The molecule has 0 saturated heterocycles. The van der Waals surface area contributed by atoms with Crippen molar-refractivity contribution in [2.24, 2.45) is 5.10 Å². The van der Waals surface area contributed by atoms with Crippen LogP contribution in [0.1, 0.15) is 12.7 Å². The summed E-state index contributed by atoms with van der Waals surface area (Å²) in [5, 5.41) is 3.94. The molecule has 0 aliphatic carbocycles. The lowest BCUT2D eigenvalue weighted by molar-refractivity contribution is -0.123. The number of hydrazone groups is 1. The van der Waals surface area contributed by atoms with Crippen molar-refractivity contribution in [3.05, 3.63) is 51.3 Å². The SMILES string of the molecule is CC(=NNC(=O)COc1ccc(Br)cc1Br)c1ccco1. The number of halogens is 2. The fourth-order valence-corrected chi connectivity index (χ4v) is 2.62. The van der Waals surface area contributed by atoms with Gasteiger partial charge in [0.15, 0.2) is 6.61 Å². The van der Waals surface area contributed by atoms with Gasteiger partial charge < -0.3 is 9.15 Å². The minimum atomic E-state index is -0.351. The van der Waals surface area contributed by atoms with Crippen LogP contribution in [-0.2, 0) is 4.79 Å². The first-order valence-electron chi connectivity index (χ1n) is 6.01. The largest absolute Gasteiger partial charge is 0.483 e. The van der Waals surface area contributed by atoms with Crippen molar-refractivity contribution in [1.82, 2.24) is 5.43 Å². The summed E-state index contributed by atoms with van der Waals surface area (Å²) in [7, 11) is 0. The normalized spacial score (nSPS) is 11.3. The third-order valence-corrected chi connectivity index (χ3v) is 3.59. The molecule has 0 fully saturated rings. The van der Waals surface area contributed by atoms with E-state index >= 15 is 0 Å². The highest BCUT2D eigenvalue weighted by Gasteiger charge is 2.06. The second kappa shape index (κ2) is 7.42. The number of furan rings is 1. The molecule has 0 atom stereocenters. The van der Waals surface area contributed by atoms with Gasteiger partial charge in [-0.3, -0.25) is 4.79 Å². The van der Waals surface area contributed by atoms with E-state index in [1.807, 2.05) is 12.1 Å². The van der Waals surface area contributed by atoms with E-state index in [0.29, 0.717) is 17.2 Å². The number of rotatable bonds is 5. The molecule has 1 aromatic carbocycles. The maximum atomic E-state index is 11.7. The molecule has 7 heteroatoms. The summed E-state index contributed by atoms with van der Waals surface area (Å²) < 4.78 is 12.2. The molecular formula is C14H12Br2N2O3. The molecule has 0 saturated carbocycles. The van der Waals surface area contributed by atoms with E-state index in [0.717, 1.165) is 8.95 Å². The average molecular weight is 416 g/mol. The summed E-state index contributed by atoms with van der Waals surface area (Å²) in [5.41, 5.74) is 2.99. The summed E-state index contributed by atoms with van der Waals surface area (Å²) in [5.74, 6) is 0.836. The van der Waals surface area contributed by atoms with Gasteiger partial charge in [-0.15, -0.1) is 0 Å². The highest BCUT2D eigenvalue weighted by Crippen LogP contribution is 2.27. The first kappa shape index (κ1) is 15.8. The minimum absolute atomic E-state index is 0.130. The van der Waals surface area contributed by atoms with Crippen molar-refractivity contribution >= 4 is 43.5 Å². The number of ether oxygens (including phenoxy) is 1. The number of hydrogen-bond donors (Lipinski definition) is 1. The van der Waals surface area contributed by atoms with Gasteiger partial charge in [0.2, 0.25) is 0 Å². The van der Waals surface area contributed by atoms with Gasteiger partial charge in [0.1, 0.15) is 17.2 Å². The van der Waals surface area contributed by atoms with E-state index in [1.165, 1.54) is 0 Å². The van der Waals surface area contributed by atoms with E-state index in [4.69, 9.17) is 9.15 Å². The lowest BCUT2D eigenvalue weighted by atomic mass is 10.3. The van der Waals surface area contributed by atoms with Crippen LogP contribution in [0.25, 0.3) is 0 Å². The molecule has 0 spiro atoms. The van der Waals surface area contributed by atoms with Crippen LogP contribution in [0.5, 0.6) is 5.75 Å². The van der Waals surface area contributed by atoms with Gasteiger partial charge in [-0.2, -0.15) is 5.10 Å². The van der Waals surface area contributed by atoms with Crippen molar-refractivity contribution in [2.75, 3.05) is 6.61 Å². The van der Waals surface area contributed by atoms with Crippen LogP contribution in [0.4, 0.5) is 0 Å². The van der Waals surface area contributed by atoms with Gasteiger partial charge in [0.05, 0.1) is 10.7 Å². The van der Waals surface area contributed by atoms with Gasteiger partial charge in [-0.25, -0.2) is 5.43 Å². The molecule has 0 aliphatic rings. The fraction of sp³-hybridized carbons (Fsp3) is 0.143. The standard InChI is InChI=1S/C14H12Br2N2O3/c1-9(12-3-2-6-20-12)17-18-14(19)8-21-13-5-4-10(15)7-11(13)16/h2-7H,8H2,1H3,(H,18,19). The minimum Gasteiger partial charge on any atom is -0.483 e. The summed E-state index contributed by atoms with van der Waals surface area (Å²) in [6.45, 7) is 1.61.